The van der Waals surface area contributed by atoms with Gasteiger partial charge in [-0.15, -0.1) is 0 Å². The quantitative estimate of drug-likeness (QED) is 0.388. The van der Waals surface area contributed by atoms with Crippen LogP contribution in [0, 0.1) is 6.57 Å². The molecule has 0 saturated carbocycles. The van der Waals surface area contributed by atoms with Gasteiger partial charge in [-0.2, -0.15) is 9.61 Å². The Labute approximate surface area is 166 Å². The van der Waals surface area contributed by atoms with Crippen LogP contribution in [-0.4, -0.2) is 27.7 Å². The van der Waals surface area contributed by atoms with Gasteiger partial charge in [-0.1, -0.05) is 44.2 Å². The molecule has 0 aliphatic carbocycles. The van der Waals surface area contributed by atoms with Gasteiger partial charge in [-0.3, -0.25) is 0 Å². The van der Waals surface area contributed by atoms with Crippen molar-refractivity contribution in [2.24, 2.45) is 0 Å². The number of aromatic nitrogens is 3. The molecule has 2 heterocycles. The van der Waals surface area contributed by atoms with E-state index in [2.05, 4.69) is 46.6 Å². The minimum absolute atomic E-state index is 0.357. The molecule has 0 amide bonds. The molecule has 2 aromatic heterocycles. The van der Waals surface area contributed by atoms with E-state index in [0.717, 1.165) is 55.2 Å². The molecule has 0 saturated heterocycles. The third-order valence-electron chi connectivity index (χ3n) is 4.69. The van der Waals surface area contributed by atoms with Crippen LogP contribution in [0.3, 0.4) is 0 Å². The van der Waals surface area contributed by atoms with Crippen LogP contribution in [0.4, 0.5) is 11.6 Å². The zero-order valence-corrected chi connectivity index (χ0v) is 16.7. The van der Waals surface area contributed by atoms with E-state index >= 15 is 0 Å². The first-order valence-electron chi connectivity index (χ1n) is 9.92. The number of nitrogens with one attached hydrogen (secondary N) is 2. The minimum atomic E-state index is 0.357. The Morgan fingerprint density at radius 2 is 1.93 bits per heavy atom. The second-order valence-electron chi connectivity index (χ2n) is 7.22. The maximum absolute atomic E-state index is 6.84. The monoisotopic (exact) mass is 376 g/mol. The van der Waals surface area contributed by atoms with E-state index in [9.17, 15) is 0 Å². The summed E-state index contributed by atoms with van der Waals surface area (Å²) in [6.45, 7) is 13.4. The van der Waals surface area contributed by atoms with E-state index in [0.29, 0.717) is 12.5 Å². The van der Waals surface area contributed by atoms with Crippen molar-refractivity contribution < 1.29 is 0 Å². The van der Waals surface area contributed by atoms with E-state index in [1.54, 1.807) is 0 Å². The van der Waals surface area contributed by atoms with E-state index in [1.165, 1.54) is 5.56 Å². The van der Waals surface area contributed by atoms with Gasteiger partial charge in [0.2, 0.25) is 6.54 Å². The standard InChI is InChI=1S/C22H28N6/c1-17(2)19-16-26-28-21(25-15-18-10-6-4-7-11-18)14-20(27-22(19)28)24-13-9-5-8-12-23-3/h4,6-7,10-11,14,16-17,25H,5,8-9,12-13,15H2,1-2H3,(H,24,27). The second-order valence-corrected chi connectivity index (χ2v) is 7.22. The molecule has 3 rings (SSSR count). The number of hydrogen-bond acceptors (Lipinski definition) is 4. The Kier molecular flexibility index (Phi) is 6.85. The van der Waals surface area contributed by atoms with Crippen molar-refractivity contribution in [3.05, 3.63) is 65.1 Å². The van der Waals surface area contributed by atoms with Crippen molar-refractivity contribution in [1.82, 2.24) is 14.6 Å². The lowest BCUT2D eigenvalue weighted by atomic mass is 10.1. The second kappa shape index (κ2) is 9.75. The maximum Gasteiger partial charge on any atom is 0.214 e. The largest absolute Gasteiger partial charge is 0.370 e. The summed E-state index contributed by atoms with van der Waals surface area (Å²) in [6, 6.07) is 12.4. The highest BCUT2D eigenvalue weighted by molar-refractivity contribution is 5.61. The molecule has 0 aliphatic heterocycles. The first-order chi connectivity index (χ1) is 13.7. The molecule has 146 valence electrons. The number of benzene rings is 1. The van der Waals surface area contributed by atoms with Crippen LogP contribution in [0.15, 0.2) is 42.6 Å². The van der Waals surface area contributed by atoms with Gasteiger partial charge in [0.25, 0.3) is 0 Å². The highest BCUT2D eigenvalue weighted by atomic mass is 15.3. The van der Waals surface area contributed by atoms with Crippen LogP contribution in [0.1, 0.15) is 50.2 Å². The molecular formula is C22H28N6. The van der Waals surface area contributed by atoms with Crippen molar-refractivity contribution >= 4 is 17.3 Å². The topological polar surface area (TPSA) is 58.6 Å². The molecule has 0 bridgehead atoms. The van der Waals surface area contributed by atoms with Gasteiger partial charge in [-0.25, -0.2) is 11.6 Å². The molecular weight excluding hydrogens is 348 g/mol. The summed E-state index contributed by atoms with van der Waals surface area (Å²) in [4.78, 5) is 8.21. The van der Waals surface area contributed by atoms with Crippen LogP contribution < -0.4 is 10.6 Å². The highest BCUT2D eigenvalue weighted by Crippen LogP contribution is 2.24. The lowest BCUT2D eigenvalue weighted by Gasteiger charge is -2.13. The fourth-order valence-electron chi connectivity index (χ4n) is 3.10. The van der Waals surface area contributed by atoms with Crippen molar-refractivity contribution in [2.75, 3.05) is 23.7 Å². The van der Waals surface area contributed by atoms with Crippen LogP contribution in [-0.2, 0) is 6.54 Å². The van der Waals surface area contributed by atoms with Gasteiger partial charge in [0.05, 0.1) is 6.20 Å². The fraction of sp³-hybridized carbons (Fsp3) is 0.409. The molecule has 6 heteroatoms. The van der Waals surface area contributed by atoms with E-state index in [1.807, 2.05) is 35.0 Å². The zero-order chi connectivity index (χ0) is 19.8. The predicted molar refractivity (Wildman–Crippen MR) is 115 cm³/mol. The van der Waals surface area contributed by atoms with E-state index < -0.39 is 0 Å². The minimum Gasteiger partial charge on any atom is -0.370 e. The average Bonchev–Trinajstić information content (AvgIpc) is 3.14. The summed E-state index contributed by atoms with van der Waals surface area (Å²) in [5.74, 6) is 2.14. The van der Waals surface area contributed by atoms with Crippen molar-refractivity contribution in [3.63, 3.8) is 0 Å². The van der Waals surface area contributed by atoms with Crippen LogP contribution in [0.25, 0.3) is 10.5 Å². The summed E-state index contributed by atoms with van der Waals surface area (Å²) in [5, 5.41) is 11.5. The zero-order valence-electron chi connectivity index (χ0n) is 16.7. The van der Waals surface area contributed by atoms with Crippen molar-refractivity contribution in [3.8, 4) is 0 Å². The maximum atomic E-state index is 6.84. The van der Waals surface area contributed by atoms with Crippen LogP contribution >= 0.6 is 0 Å². The molecule has 6 nitrogen and oxygen atoms in total. The lowest BCUT2D eigenvalue weighted by Crippen LogP contribution is -2.10. The number of fused-ring (bicyclic) bond motifs is 1. The van der Waals surface area contributed by atoms with Crippen LogP contribution in [0.5, 0.6) is 0 Å². The molecule has 0 aliphatic rings. The third kappa shape index (κ3) is 5.01. The number of unbranched alkanes of at least 4 members (excludes halogenated alkanes) is 2. The summed E-state index contributed by atoms with van der Waals surface area (Å²) >= 11 is 0. The normalized spacial score (nSPS) is 10.9. The molecule has 28 heavy (non-hydrogen) atoms. The number of anilines is 2. The molecule has 0 atom stereocenters. The molecule has 0 spiro atoms. The Morgan fingerprint density at radius 1 is 1.11 bits per heavy atom. The average molecular weight is 377 g/mol. The summed E-state index contributed by atoms with van der Waals surface area (Å²) < 4.78 is 1.89. The summed E-state index contributed by atoms with van der Waals surface area (Å²) in [5.41, 5.74) is 3.25. The van der Waals surface area contributed by atoms with E-state index in [-0.39, 0.29) is 0 Å². The Bertz CT molecular complexity index is 923. The smallest absolute Gasteiger partial charge is 0.214 e. The van der Waals surface area contributed by atoms with Gasteiger partial charge in [-0.05, 0) is 24.3 Å². The summed E-state index contributed by atoms with van der Waals surface area (Å²) in [7, 11) is 0. The molecule has 2 N–H and O–H groups in total. The summed E-state index contributed by atoms with van der Waals surface area (Å²) in [6.07, 6.45) is 4.96. The van der Waals surface area contributed by atoms with Crippen molar-refractivity contribution in [1.29, 1.82) is 0 Å². The van der Waals surface area contributed by atoms with Crippen LogP contribution in [0.2, 0.25) is 0 Å². The van der Waals surface area contributed by atoms with Gasteiger partial charge < -0.3 is 15.5 Å². The van der Waals surface area contributed by atoms with Gasteiger partial charge in [0, 0.05) is 31.1 Å². The molecule has 0 fully saturated rings. The Hall–Kier alpha value is -3.07. The number of rotatable bonds is 10. The number of hydrogen-bond donors (Lipinski definition) is 2. The Morgan fingerprint density at radius 3 is 2.68 bits per heavy atom. The Balaban J connectivity index is 1.77. The third-order valence-corrected chi connectivity index (χ3v) is 4.69. The van der Waals surface area contributed by atoms with Gasteiger partial charge in [0.1, 0.15) is 11.6 Å². The van der Waals surface area contributed by atoms with E-state index in [4.69, 9.17) is 11.6 Å². The van der Waals surface area contributed by atoms with Gasteiger partial charge in [0.15, 0.2) is 5.65 Å². The SMILES string of the molecule is [C-]#[N+]CCCCCNc1cc(NCc2ccccc2)n2ncc(C(C)C)c2n1. The van der Waals surface area contributed by atoms with Crippen molar-refractivity contribution in [2.45, 2.75) is 45.6 Å². The molecule has 1 aromatic carbocycles. The van der Waals surface area contributed by atoms with Gasteiger partial charge >= 0.3 is 0 Å². The highest BCUT2D eigenvalue weighted by Gasteiger charge is 2.14. The number of nitrogens with zero attached hydrogens (tertiary/aromatic N) is 4. The lowest BCUT2D eigenvalue weighted by molar-refractivity contribution is 0.731. The molecule has 0 unspecified atom stereocenters. The predicted octanol–water partition coefficient (Wildman–Crippen LogP) is 4.97. The first-order valence-corrected chi connectivity index (χ1v) is 9.92. The first kappa shape index (κ1) is 19.7. The molecule has 0 radical (unpaired) electrons. The molecule has 3 aromatic rings. The fourth-order valence-corrected chi connectivity index (χ4v) is 3.10.